The van der Waals surface area contributed by atoms with Crippen LogP contribution in [0, 0.1) is 16.7 Å². The molecule has 2 heteroatoms. The van der Waals surface area contributed by atoms with Gasteiger partial charge in [-0.05, 0) is 57.1 Å². The molecule has 2 nitrogen and oxygen atoms in total. The van der Waals surface area contributed by atoms with Gasteiger partial charge in [0.25, 0.3) is 0 Å². The molecule has 1 aromatic rings. The van der Waals surface area contributed by atoms with Crippen molar-refractivity contribution in [2.24, 2.45) is 5.41 Å². The van der Waals surface area contributed by atoms with E-state index in [1.54, 1.807) is 0 Å². The van der Waals surface area contributed by atoms with Gasteiger partial charge in [0.2, 0.25) is 0 Å². The molecule has 0 aliphatic rings. The number of hydrogen-bond donors (Lipinski definition) is 0. The summed E-state index contributed by atoms with van der Waals surface area (Å²) < 4.78 is 5.93. The topological polar surface area (TPSA) is 33.0 Å². The van der Waals surface area contributed by atoms with Gasteiger partial charge in [0.15, 0.2) is 0 Å². The van der Waals surface area contributed by atoms with E-state index >= 15 is 0 Å². The summed E-state index contributed by atoms with van der Waals surface area (Å²) in [5.74, 6) is 1.55. The average Bonchev–Trinajstić information content (AvgIpc) is 2.46. The fraction of sp³-hybridized carbons (Fsp3) is 0.611. The van der Waals surface area contributed by atoms with Gasteiger partial charge < -0.3 is 4.74 Å². The van der Waals surface area contributed by atoms with Crippen LogP contribution in [-0.2, 0) is 0 Å². The second kappa shape index (κ2) is 7.94. The number of para-hydroxylation sites is 1. The molecule has 1 rings (SSSR count). The monoisotopic (exact) mass is 273 g/mol. The van der Waals surface area contributed by atoms with E-state index in [4.69, 9.17) is 10.00 Å². The minimum absolute atomic E-state index is 0.214. The number of unbranched alkanes of at least 4 members (excludes halogenated alkanes) is 1. The lowest BCUT2D eigenvalue weighted by Crippen LogP contribution is -2.08. The normalized spacial score (nSPS) is 12.8. The van der Waals surface area contributed by atoms with Crippen LogP contribution in [0.15, 0.2) is 24.3 Å². The number of benzene rings is 1. The first-order chi connectivity index (χ1) is 9.50. The summed E-state index contributed by atoms with van der Waals surface area (Å²) in [7, 11) is 0. The van der Waals surface area contributed by atoms with E-state index in [1.807, 2.05) is 19.9 Å². The molecule has 0 heterocycles. The minimum Gasteiger partial charge on any atom is -0.493 e. The molecule has 0 fully saturated rings. The summed E-state index contributed by atoms with van der Waals surface area (Å²) in [6.45, 7) is 9.15. The van der Waals surface area contributed by atoms with Crippen LogP contribution < -0.4 is 4.74 Å². The number of nitrogens with zero attached hydrogens (tertiary/aromatic N) is 1. The number of hydrogen-bond acceptors (Lipinski definition) is 2. The van der Waals surface area contributed by atoms with E-state index in [-0.39, 0.29) is 5.41 Å². The lowest BCUT2D eigenvalue weighted by atomic mass is 9.89. The third kappa shape index (κ3) is 5.25. The van der Waals surface area contributed by atoms with E-state index in [1.165, 1.54) is 5.56 Å². The first-order valence-electron chi connectivity index (χ1n) is 7.63. The zero-order valence-electron chi connectivity index (χ0n) is 13.3. The maximum atomic E-state index is 8.97. The molecular formula is C18H27NO. The van der Waals surface area contributed by atoms with E-state index in [0.717, 1.165) is 38.0 Å². The summed E-state index contributed by atoms with van der Waals surface area (Å²) >= 11 is 0. The van der Waals surface area contributed by atoms with E-state index in [0.29, 0.717) is 5.92 Å². The van der Waals surface area contributed by atoms with Crippen molar-refractivity contribution in [3.8, 4) is 11.8 Å². The van der Waals surface area contributed by atoms with E-state index in [2.05, 4.69) is 38.1 Å². The molecule has 1 unspecified atom stereocenters. The van der Waals surface area contributed by atoms with Crippen LogP contribution in [-0.4, -0.2) is 6.61 Å². The maximum absolute atomic E-state index is 8.97. The van der Waals surface area contributed by atoms with Crippen LogP contribution in [0.4, 0.5) is 0 Å². The summed E-state index contributed by atoms with van der Waals surface area (Å²) in [4.78, 5) is 0. The Morgan fingerprint density at radius 3 is 2.60 bits per heavy atom. The Bertz CT molecular complexity index is 445. The van der Waals surface area contributed by atoms with Crippen LogP contribution in [0.2, 0.25) is 0 Å². The summed E-state index contributed by atoms with van der Waals surface area (Å²) in [5.41, 5.74) is 1.08. The smallest absolute Gasteiger partial charge is 0.122 e. The predicted molar refractivity (Wildman–Crippen MR) is 83.9 cm³/mol. The van der Waals surface area contributed by atoms with Crippen molar-refractivity contribution < 1.29 is 4.74 Å². The molecular weight excluding hydrogens is 246 g/mol. The van der Waals surface area contributed by atoms with Crippen LogP contribution >= 0.6 is 0 Å². The molecule has 0 saturated heterocycles. The highest BCUT2D eigenvalue weighted by atomic mass is 16.5. The van der Waals surface area contributed by atoms with Crippen molar-refractivity contribution in [1.29, 1.82) is 5.26 Å². The molecule has 0 amide bonds. The Morgan fingerprint density at radius 1 is 1.25 bits per heavy atom. The van der Waals surface area contributed by atoms with Crippen molar-refractivity contribution in [3.63, 3.8) is 0 Å². The first kappa shape index (κ1) is 16.6. The standard InChI is InChI=1S/C18H27NO/c1-5-15(2)16-10-6-7-11-17(16)20-13-9-8-12-18(3,4)14-19/h6-7,10-11,15H,5,8-9,12-13H2,1-4H3. The Kier molecular flexibility index (Phi) is 6.58. The van der Waals surface area contributed by atoms with Crippen molar-refractivity contribution in [2.75, 3.05) is 6.61 Å². The second-order valence-electron chi connectivity index (χ2n) is 6.15. The van der Waals surface area contributed by atoms with Gasteiger partial charge >= 0.3 is 0 Å². The molecule has 0 aliphatic heterocycles. The van der Waals surface area contributed by atoms with Gasteiger partial charge in [-0.15, -0.1) is 0 Å². The molecule has 20 heavy (non-hydrogen) atoms. The molecule has 0 radical (unpaired) electrons. The third-order valence-electron chi connectivity index (χ3n) is 3.82. The predicted octanol–water partition coefficient (Wildman–Crippen LogP) is 5.30. The fourth-order valence-corrected chi connectivity index (χ4v) is 2.15. The number of ether oxygens (including phenoxy) is 1. The van der Waals surface area contributed by atoms with E-state index < -0.39 is 0 Å². The average molecular weight is 273 g/mol. The SMILES string of the molecule is CCC(C)c1ccccc1OCCCCC(C)(C)C#N. The van der Waals surface area contributed by atoms with Gasteiger partial charge in [0, 0.05) is 0 Å². The lowest BCUT2D eigenvalue weighted by Gasteiger charge is -2.17. The Hall–Kier alpha value is -1.49. The third-order valence-corrected chi connectivity index (χ3v) is 3.82. The van der Waals surface area contributed by atoms with Gasteiger partial charge in [-0.2, -0.15) is 5.26 Å². The van der Waals surface area contributed by atoms with Crippen molar-refractivity contribution >= 4 is 0 Å². The molecule has 0 aromatic heterocycles. The molecule has 0 N–H and O–H groups in total. The summed E-state index contributed by atoms with van der Waals surface area (Å²) in [6, 6.07) is 10.7. The van der Waals surface area contributed by atoms with Gasteiger partial charge in [-0.1, -0.05) is 32.0 Å². The molecule has 0 aliphatic carbocycles. The maximum Gasteiger partial charge on any atom is 0.122 e. The highest BCUT2D eigenvalue weighted by Crippen LogP contribution is 2.28. The summed E-state index contributed by atoms with van der Waals surface area (Å²) in [6.07, 6.45) is 4.09. The van der Waals surface area contributed by atoms with Gasteiger partial charge in [0.1, 0.15) is 5.75 Å². The number of rotatable bonds is 8. The van der Waals surface area contributed by atoms with Crippen molar-refractivity contribution in [3.05, 3.63) is 29.8 Å². The second-order valence-corrected chi connectivity index (χ2v) is 6.15. The quantitative estimate of drug-likeness (QED) is 0.602. The molecule has 110 valence electrons. The molecule has 1 atom stereocenters. The Labute approximate surface area is 123 Å². The van der Waals surface area contributed by atoms with Crippen LogP contribution in [0.1, 0.15) is 64.9 Å². The Morgan fingerprint density at radius 2 is 1.95 bits per heavy atom. The van der Waals surface area contributed by atoms with Crippen LogP contribution in [0.25, 0.3) is 0 Å². The summed E-state index contributed by atoms with van der Waals surface area (Å²) in [5, 5.41) is 8.97. The molecule has 0 bridgehead atoms. The highest BCUT2D eigenvalue weighted by Gasteiger charge is 2.15. The minimum atomic E-state index is -0.214. The zero-order valence-corrected chi connectivity index (χ0v) is 13.3. The fourth-order valence-electron chi connectivity index (χ4n) is 2.15. The number of nitriles is 1. The van der Waals surface area contributed by atoms with Gasteiger partial charge in [-0.3, -0.25) is 0 Å². The van der Waals surface area contributed by atoms with Gasteiger partial charge in [-0.25, -0.2) is 0 Å². The highest BCUT2D eigenvalue weighted by molar-refractivity contribution is 5.35. The first-order valence-corrected chi connectivity index (χ1v) is 7.63. The largest absolute Gasteiger partial charge is 0.493 e. The molecule has 0 spiro atoms. The van der Waals surface area contributed by atoms with E-state index in [9.17, 15) is 0 Å². The molecule has 0 saturated carbocycles. The zero-order chi connectivity index (χ0) is 15.0. The van der Waals surface area contributed by atoms with Crippen LogP contribution in [0.3, 0.4) is 0 Å². The molecule has 1 aromatic carbocycles. The van der Waals surface area contributed by atoms with Gasteiger partial charge in [0.05, 0.1) is 18.1 Å². The van der Waals surface area contributed by atoms with Crippen molar-refractivity contribution in [1.82, 2.24) is 0 Å². The van der Waals surface area contributed by atoms with Crippen molar-refractivity contribution in [2.45, 2.75) is 59.3 Å². The lowest BCUT2D eigenvalue weighted by molar-refractivity contribution is 0.291. The Balaban J connectivity index is 2.41. The van der Waals surface area contributed by atoms with Crippen LogP contribution in [0.5, 0.6) is 5.75 Å².